The van der Waals surface area contributed by atoms with Gasteiger partial charge in [-0.05, 0) is 13.0 Å². The van der Waals surface area contributed by atoms with Gasteiger partial charge in [-0.3, -0.25) is 0 Å². The monoisotopic (exact) mass is 236 g/mol. The van der Waals surface area contributed by atoms with E-state index in [2.05, 4.69) is 15.4 Å². The van der Waals surface area contributed by atoms with Crippen molar-refractivity contribution in [1.82, 2.24) is 14.6 Å². The number of nitrogens with one attached hydrogen (secondary N) is 1. The molecule has 0 amide bonds. The van der Waals surface area contributed by atoms with E-state index in [1.165, 1.54) is 0 Å². The van der Waals surface area contributed by atoms with Crippen molar-refractivity contribution in [2.75, 3.05) is 25.6 Å². The van der Waals surface area contributed by atoms with E-state index in [1.807, 2.05) is 13.0 Å². The number of anilines is 1. The minimum absolute atomic E-state index is 0.0102. The van der Waals surface area contributed by atoms with E-state index in [9.17, 15) is 5.11 Å². The first kappa shape index (κ1) is 11.8. The molecule has 6 nitrogen and oxygen atoms in total. The Morgan fingerprint density at radius 1 is 1.59 bits per heavy atom. The molecular formula is C11H16N4O2. The van der Waals surface area contributed by atoms with E-state index >= 15 is 0 Å². The Kier molecular flexibility index (Phi) is 3.55. The number of aliphatic hydroxyl groups excluding tert-OH is 1. The molecule has 2 rings (SSSR count). The van der Waals surface area contributed by atoms with Gasteiger partial charge in [-0.2, -0.15) is 5.10 Å². The van der Waals surface area contributed by atoms with E-state index in [4.69, 9.17) is 4.74 Å². The molecule has 0 radical (unpaired) electrons. The zero-order valence-corrected chi connectivity index (χ0v) is 9.92. The van der Waals surface area contributed by atoms with Gasteiger partial charge in [0.1, 0.15) is 5.52 Å². The van der Waals surface area contributed by atoms with Crippen LogP contribution in [0.3, 0.4) is 0 Å². The van der Waals surface area contributed by atoms with Crippen LogP contribution in [0.1, 0.15) is 5.69 Å². The maximum atomic E-state index is 9.20. The van der Waals surface area contributed by atoms with Crippen molar-refractivity contribution in [1.29, 1.82) is 0 Å². The number of hydrogen-bond donors (Lipinski definition) is 2. The summed E-state index contributed by atoms with van der Waals surface area (Å²) in [6.45, 7) is 2.34. The lowest BCUT2D eigenvalue weighted by Crippen LogP contribution is -2.29. The quantitative estimate of drug-likeness (QED) is 0.789. The highest BCUT2D eigenvalue weighted by Gasteiger charge is 2.11. The van der Waals surface area contributed by atoms with Crippen LogP contribution in [0.2, 0.25) is 0 Å². The molecule has 2 aromatic rings. The first-order valence-corrected chi connectivity index (χ1v) is 5.42. The number of nitrogens with zero attached hydrogens (tertiary/aromatic N) is 3. The average molecular weight is 236 g/mol. The molecule has 0 aliphatic heterocycles. The fourth-order valence-electron chi connectivity index (χ4n) is 1.69. The molecule has 2 heterocycles. The predicted octanol–water partition coefficient (Wildman–Crippen LogP) is 0.457. The summed E-state index contributed by atoms with van der Waals surface area (Å²) >= 11 is 0. The van der Waals surface area contributed by atoms with Crippen LogP contribution in [-0.4, -0.2) is 46.1 Å². The van der Waals surface area contributed by atoms with Crippen LogP contribution in [-0.2, 0) is 4.74 Å². The van der Waals surface area contributed by atoms with Gasteiger partial charge in [-0.25, -0.2) is 9.50 Å². The summed E-state index contributed by atoms with van der Waals surface area (Å²) in [6.07, 6.45) is 3.46. The summed E-state index contributed by atoms with van der Waals surface area (Å²) in [6, 6.07) is 1.77. The summed E-state index contributed by atoms with van der Waals surface area (Å²) in [7, 11) is 1.60. The molecule has 6 heteroatoms. The van der Waals surface area contributed by atoms with Gasteiger partial charge < -0.3 is 15.2 Å². The predicted molar refractivity (Wildman–Crippen MR) is 64.1 cm³/mol. The molecule has 2 N–H and O–H groups in total. The molecule has 0 saturated heterocycles. The maximum Gasteiger partial charge on any atom is 0.152 e. The third kappa shape index (κ3) is 2.54. The van der Waals surface area contributed by atoms with Gasteiger partial charge in [0, 0.05) is 19.5 Å². The minimum atomic E-state index is -0.172. The zero-order valence-electron chi connectivity index (χ0n) is 9.92. The molecule has 0 saturated carbocycles. The second-order valence-corrected chi connectivity index (χ2v) is 3.87. The smallest absolute Gasteiger partial charge is 0.152 e. The minimum Gasteiger partial charge on any atom is -0.394 e. The highest BCUT2D eigenvalue weighted by Crippen LogP contribution is 2.15. The summed E-state index contributed by atoms with van der Waals surface area (Å²) in [5.74, 6) is 0.698. The van der Waals surface area contributed by atoms with Crippen LogP contribution in [0.4, 0.5) is 5.82 Å². The SMILES string of the molecule is COCC(CO)Nc1nccn2nc(C)cc12. The number of aryl methyl sites for hydroxylation is 1. The van der Waals surface area contributed by atoms with Crippen molar-refractivity contribution in [3.05, 3.63) is 24.2 Å². The van der Waals surface area contributed by atoms with Gasteiger partial charge in [0.05, 0.1) is 24.9 Å². The van der Waals surface area contributed by atoms with Crippen LogP contribution < -0.4 is 5.32 Å². The van der Waals surface area contributed by atoms with Crippen molar-refractivity contribution < 1.29 is 9.84 Å². The van der Waals surface area contributed by atoms with Crippen LogP contribution in [0.5, 0.6) is 0 Å². The number of fused-ring (bicyclic) bond motifs is 1. The van der Waals surface area contributed by atoms with Crippen molar-refractivity contribution in [3.63, 3.8) is 0 Å². The summed E-state index contributed by atoms with van der Waals surface area (Å²) in [5.41, 5.74) is 1.81. The Labute approximate surface area is 99.2 Å². The first-order valence-electron chi connectivity index (χ1n) is 5.42. The van der Waals surface area contributed by atoms with Gasteiger partial charge in [0.25, 0.3) is 0 Å². The van der Waals surface area contributed by atoms with Crippen LogP contribution in [0, 0.1) is 6.92 Å². The molecule has 1 unspecified atom stereocenters. The van der Waals surface area contributed by atoms with Gasteiger partial charge in [0.15, 0.2) is 5.82 Å². The summed E-state index contributed by atoms with van der Waals surface area (Å²) in [4.78, 5) is 4.25. The Balaban J connectivity index is 2.28. The van der Waals surface area contributed by atoms with Crippen molar-refractivity contribution >= 4 is 11.3 Å². The number of aliphatic hydroxyl groups is 1. The Morgan fingerprint density at radius 2 is 2.41 bits per heavy atom. The molecule has 0 aromatic carbocycles. The van der Waals surface area contributed by atoms with E-state index in [0.29, 0.717) is 12.4 Å². The van der Waals surface area contributed by atoms with Gasteiger partial charge in [-0.1, -0.05) is 0 Å². The molecule has 92 valence electrons. The summed E-state index contributed by atoms with van der Waals surface area (Å²) < 4.78 is 6.77. The molecule has 0 fully saturated rings. The lowest BCUT2D eigenvalue weighted by molar-refractivity contribution is 0.153. The van der Waals surface area contributed by atoms with Gasteiger partial charge in [0.2, 0.25) is 0 Å². The maximum absolute atomic E-state index is 9.20. The fraction of sp³-hybridized carbons (Fsp3) is 0.455. The Hall–Kier alpha value is -1.66. The lowest BCUT2D eigenvalue weighted by atomic mass is 10.3. The average Bonchev–Trinajstić information content (AvgIpc) is 2.70. The molecule has 1 atom stereocenters. The van der Waals surface area contributed by atoms with Crippen molar-refractivity contribution in [2.45, 2.75) is 13.0 Å². The highest BCUT2D eigenvalue weighted by molar-refractivity contribution is 5.68. The van der Waals surface area contributed by atoms with Gasteiger partial charge in [-0.15, -0.1) is 0 Å². The van der Waals surface area contributed by atoms with E-state index in [-0.39, 0.29) is 12.6 Å². The van der Waals surface area contributed by atoms with Crippen LogP contribution in [0.25, 0.3) is 5.52 Å². The Bertz CT molecular complexity index is 497. The van der Waals surface area contributed by atoms with Crippen LogP contribution >= 0.6 is 0 Å². The fourth-order valence-corrected chi connectivity index (χ4v) is 1.69. The third-order valence-electron chi connectivity index (χ3n) is 2.44. The topological polar surface area (TPSA) is 71.7 Å². The van der Waals surface area contributed by atoms with Crippen molar-refractivity contribution in [2.24, 2.45) is 0 Å². The lowest BCUT2D eigenvalue weighted by Gasteiger charge is -2.16. The molecule has 17 heavy (non-hydrogen) atoms. The normalized spacial score (nSPS) is 12.9. The standard InChI is InChI=1S/C11H16N4O2/c1-8-5-10-11(12-3-4-15(10)14-8)13-9(6-16)7-17-2/h3-5,9,16H,6-7H2,1-2H3,(H,12,13). The molecule has 0 aliphatic carbocycles. The molecule has 0 bridgehead atoms. The number of ether oxygens (including phenoxy) is 1. The largest absolute Gasteiger partial charge is 0.394 e. The molecule has 2 aromatic heterocycles. The molecule has 0 spiro atoms. The van der Waals surface area contributed by atoms with Crippen molar-refractivity contribution in [3.8, 4) is 0 Å². The Morgan fingerprint density at radius 3 is 3.12 bits per heavy atom. The molecule has 0 aliphatic rings. The zero-order chi connectivity index (χ0) is 12.3. The molecular weight excluding hydrogens is 220 g/mol. The van der Waals surface area contributed by atoms with Gasteiger partial charge >= 0.3 is 0 Å². The van der Waals surface area contributed by atoms with E-state index < -0.39 is 0 Å². The second-order valence-electron chi connectivity index (χ2n) is 3.87. The van der Waals surface area contributed by atoms with E-state index in [0.717, 1.165) is 11.2 Å². The number of hydrogen-bond acceptors (Lipinski definition) is 5. The van der Waals surface area contributed by atoms with Crippen LogP contribution in [0.15, 0.2) is 18.5 Å². The number of rotatable bonds is 5. The number of aromatic nitrogens is 3. The second kappa shape index (κ2) is 5.11. The third-order valence-corrected chi connectivity index (χ3v) is 2.44. The number of methoxy groups -OCH3 is 1. The van der Waals surface area contributed by atoms with E-state index in [1.54, 1.807) is 24.0 Å². The first-order chi connectivity index (χ1) is 8.24. The highest BCUT2D eigenvalue weighted by atomic mass is 16.5. The summed E-state index contributed by atoms with van der Waals surface area (Å²) in [5, 5.41) is 16.6.